The maximum atomic E-state index is 13.3. The van der Waals surface area contributed by atoms with Crippen LogP contribution < -0.4 is 25.4 Å². The fourth-order valence-corrected chi connectivity index (χ4v) is 7.09. The molecule has 15 heteroatoms. The summed E-state index contributed by atoms with van der Waals surface area (Å²) in [6, 6.07) is 11.9. The van der Waals surface area contributed by atoms with Gasteiger partial charge in [0.1, 0.15) is 11.6 Å². The molecule has 1 aliphatic rings. The molecule has 2 amide bonds. The number of carbonyl (C=O) groups excluding carboxylic acids is 2. The number of ether oxygens (including phenoxy) is 3. The fraction of sp³-hybridized carbons (Fsp3) is 0.562. The Morgan fingerprint density at radius 3 is 2.21 bits per heavy atom. The Bertz CT molecular complexity index is 1620. The number of hydrogen-bond acceptors (Lipinski definition) is 11. The van der Waals surface area contributed by atoms with E-state index in [1.807, 2.05) is 30.3 Å². The predicted octanol–water partition coefficient (Wildman–Crippen LogP) is 2.88. The number of alkyl carbamates (subject to hydrolysis) is 1. The Morgan fingerprint density at radius 2 is 1.60 bits per heavy atom. The second kappa shape index (κ2) is 14.8. The number of rotatable bonds is 15. The second-order valence-electron chi connectivity index (χ2n) is 13.5. The van der Waals surface area contributed by atoms with Crippen molar-refractivity contribution in [2.75, 3.05) is 31.9 Å². The highest BCUT2D eigenvalue weighted by atomic mass is 32.2. The van der Waals surface area contributed by atoms with Crippen molar-refractivity contribution in [2.45, 2.75) is 87.3 Å². The molecular weight excluding hydrogens is 650 g/mol. The van der Waals surface area contributed by atoms with E-state index in [-0.39, 0.29) is 30.8 Å². The third-order valence-corrected chi connectivity index (χ3v) is 11.8. The smallest absolute Gasteiger partial charge is 0.408 e. The maximum Gasteiger partial charge on any atom is 0.408 e. The Morgan fingerprint density at radius 1 is 0.957 bits per heavy atom. The van der Waals surface area contributed by atoms with Gasteiger partial charge in [-0.15, -0.1) is 0 Å². The summed E-state index contributed by atoms with van der Waals surface area (Å²) < 4.78 is 65.6. The molecule has 0 aromatic heterocycles. The topological polar surface area (TPSA) is 186 Å². The van der Waals surface area contributed by atoms with Crippen LogP contribution in [0.15, 0.2) is 53.4 Å². The molecule has 1 aliphatic heterocycles. The maximum absolute atomic E-state index is 13.3. The van der Waals surface area contributed by atoms with E-state index in [1.165, 1.54) is 39.0 Å². The molecule has 0 aliphatic carbocycles. The second-order valence-corrected chi connectivity index (χ2v) is 18.1. The first-order valence-electron chi connectivity index (χ1n) is 15.2. The minimum atomic E-state index is -3.89. The molecule has 0 bridgehead atoms. The van der Waals surface area contributed by atoms with E-state index in [2.05, 4.69) is 16.0 Å². The number of nitrogens with one attached hydrogen (secondary N) is 3. The molecular formula is C32H47N3O10S2. The van der Waals surface area contributed by atoms with Gasteiger partial charge in [-0.2, -0.15) is 0 Å². The van der Waals surface area contributed by atoms with Crippen LogP contribution >= 0.6 is 0 Å². The van der Waals surface area contributed by atoms with Gasteiger partial charge in [-0.25, -0.2) is 21.6 Å². The van der Waals surface area contributed by atoms with Crippen LogP contribution in [0.4, 0.5) is 4.79 Å². The van der Waals surface area contributed by atoms with Gasteiger partial charge in [0.25, 0.3) is 0 Å². The minimum Gasteiger partial charge on any atom is -0.454 e. The third kappa shape index (κ3) is 10.8. The summed E-state index contributed by atoms with van der Waals surface area (Å²) in [5, 5.41) is 19.6. The van der Waals surface area contributed by atoms with Gasteiger partial charge in [-0.3, -0.25) is 4.79 Å². The van der Waals surface area contributed by atoms with Gasteiger partial charge in [0.05, 0.1) is 21.0 Å². The van der Waals surface area contributed by atoms with Crippen LogP contribution in [0, 0.1) is 0 Å². The molecule has 0 radical (unpaired) electrons. The molecule has 0 fully saturated rings. The Hall–Kier alpha value is -3.40. The van der Waals surface area contributed by atoms with Gasteiger partial charge in [0.2, 0.25) is 12.7 Å². The summed E-state index contributed by atoms with van der Waals surface area (Å²) in [5.41, 5.74) is -1.62. The lowest BCUT2D eigenvalue weighted by Gasteiger charge is -2.33. The van der Waals surface area contributed by atoms with Crippen molar-refractivity contribution in [3.05, 3.63) is 54.1 Å². The van der Waals surface area contributed by atoms with E-state index in [4.69, 9.17) is 14.2 Å². The number of amides is 2. The van der Waals surface area contributed by atoms with Gasteiger partial charge in [-0.05, 0) is 72.1 Å². The lowest BCUT2D eigenvalue weighted by molar-refractivity contribution is -0.123. The molecule has 0 saturated carbocycles. The summed E-state index contributed by atoms with van der Waals surface area (Å²) in [6.07, 6.45) is 0.967. The SMILES string of the molecule is CC(C)(C)OC(=O)N[C@@H](C(=O)NCCCC(NC[C@@](C)(O)CS(=O)(=O)c1ccc2c(c1)OCO2)c1ccccc1)C(C)(C)S(C)(=O)=O. The van der Waals surface area contributed by atoms with Crippen LogP contribution in [-0.4, -0.2) is 87.8 Å². The molecule has 13 nitrogen and oxygen atoms in total. The highest BCUT2D eigenvalue weighted by Gasteiger charge is 2.45. The van der Waals surface area contributed by atoms with Crippen LogP contribution in [0.3, 0.4) is 0 Å². The fourth-order valence-electron chi connectivity index (χ4n) is 4.84. The van der Waals surface area contributed by atoms with E-state index in [9.17, 15) is 31.5 Å². The molecule has 1 heterocycles. The number of carbonyl (C=O) groups is 2. The van der Waals surface area contributed by atoms with Gasteiger partial charge >= 0.3 is 6.09 Å². The number of aliphatic hydroxyl groups is 1. The molecule has 0 saturated heterocycles. The zero-order chi connectivity index (χ0) is 35.3. The van der Waals surface area contributed by atoms with Gasteiger partial charge in [-0.1, -0.05) is 30.3 Å². The quantitative estimate of drug-likeness (QED) is 0.201. The summed E-state index contributed by atoms with van der Waals surface area (Å²) >= 11 is 0. The highest BCUT2D eigenvalue weighted by molar-refractivity contribution is 7.92. The first-order chi connectivity index (χ1) is 21.6. The van der Waals surface area contributed by atoms with Crippen molar-refractivity contribution in [1.29, 1.82) is 0 Å². The molecule has 262 valence electrons. The molecule has 3 rings (SSSR count). The lowest BCUT2D eigenvalue weighted by atomic mass is 10.00. The summed E-state index contributed by atoms with van der Waals surface area (Å²) in [4.78, 5) is 25.8. The Kier molecular flexibility index (Phi) is 12.0. The van der Waals surface area contributed by atoms with Crippen LogP contribution in [0.1, 0.15) is 66.0 Å². The van der Waals surface area contributed by atoms with Gasteiger partial charge in [0.15, 0.2) is 31.2 Å². The van der Waals surface area contributed by atoms with Crippen molar-refractivity contribution in [2.24, 2.45) is 0 Å². The molecule has 3 atom stereocenters. The van der Waals surface area contributed by atoms with E-state index in [0.29, 0.717) is 24.3 Å². The van der Waals surface area contributed by atoms with Crippen molar-refractivity contribution in [3.8, 4) is 11.5 Å². The first kappa shape index (κ1) is 38.1. The molecule has 47 heavy (non-hydrogen) atoms. The van der Waals surface area contributed by atoms with E-state index in [1.54, 1.807) is 20.8 Å². The van der Waals surface area contributed by atoms with Crippen LogP contribution in [-0.2, 0) is 29.2 Å². The first-order valence-corrected chi connectivity index (χ1v) is 18.8. The lowest BCUT2D eigenvalue weighted by Crippen LogP contribution is -2.61. The average Bonchev–Trinajstić information content (AvgIpc) is 3.42. The summed E-state index contributed by atoms with van der Waals surface area (Å²) in [6.45, 7) is 9.20. The summed E-state index contributed by atoms with van der Waals surface area (Å²) in [5.74, 6) is -0.459. The van der Waals surface area contributed by atoms with Crippen LogP contribution in [0.5, 0.6) is 11.5 Å². The largest absolute Gasteiger partial charge is 0.454 e. The van der Waals surface area contributed by atoms with E-state index >= 15 is 0 Å². The van der Waals surface area contributed by atoms with E-state index in [0.717, 1.165) is 11.8 Å². The molecule has 2 aromatic carbocycles. The average molecular weight is 698 g/mol. The van der Waals surface area contributed by atoms with Crippen molar-refractivity contribution >= 4 is 31.7 Å². The zero-order valence-electron chi connectivity index (χ0n) is 28.0. The van der Waals surface area contributed by atoms with Crippen molar-refractivity contribution < 1.29 is 45.7 Å². The number of sulfone groups is 2. The number of hydrogen-bond donors (Lipinski definition) is 4. The zero-order valence-corrected chi connectivity index (χ0v) is 29.6. The van der Waals surface area contributed by atoms with Crippen molar-refractivity contribution in [1.82, 2.24) is 16.0 Å². The molecule has 2 aromatic rings. The molecule has 1 unspecified atom stereocenters. The van der Waals surface area contributed by atoms with Gasteiger partial charge in [0, 0.05) is 31.5 Å². The standard InChI is InChI=1S/C32H47N3O10S2/c1-30(2,3)45-29(37)35-27(31(4,5)46(7,39)40)28(36)33-17-11-14-24(22-12-9-8-10-13-22)34-19-32(6,38)20-47(41,42)23-15-16-25-26(18-23)44-21-43-25/h8-10,12-13,15-16,18,24,27,34,38H,11,14,17,19-21H2,1-7H3,(H,33,36)(H,35,37)/t24?,27-,32+/m0/s1. The van der Waals surface area contributed by atoms with Crippen LogP contribution in [0.2, 0.25) is 0 Å². The minimum absolute atomic E-state index is 0.00715. The number of benzene rings is 2. The number of fused-ring (bicyclic) bond motifs is 1. The van der Waals surface area contributed by atoms with Gasteiger partial charge < -0.3 is 35.3 Å². The normalized spacial score (nSPS) is 16.1. The van der Waals surface area contributed by atoms with E-state index < -0.39 is 59.4 Å². The Labute approximate surface area is 277 Å². The molecule has 0 spiro atoms. The van der Waals surface area contributed by atoms with Crippen molar-refractivity contribution in [3.63, 3.8) is 0 Å². The predicted molar refractivity (Wildman–Crippen MR) is 177 cm³/mol. The van der Waals surface area contributed by atoms with Crippen LogP contribution in [0.25, 0.3) is 0 Å². The molecule has 4 N–H and O–H groups in total. The highest BCUT2D eigenvalue weighted by Crippen LogP contribution is 2.34. The monoisotopic (exact) mass is 697 g/mol. The Balaban J connectivity index is 1.65. The third-order valence-electron chi connectivity index (χ3n) is 7.68. The summed E-state index contributed by atoms with van der Waals surface area (Å²) in [7, 11) is -7.68.